The predicted octanol–water partition coefficient (Wildman–Crippen LogP) is 6.25. The zero-order valence-corrected chi connectivity index (χ0v) is 16.6. The molecular formula is C23H32O2. The number of allylic oxidation sites excluding steroid dienone is 11. The average Bonchev–Trinajstić information content (AvgIpc) is 2.54. The van der Waals surface area contributed by atoms with Crippen LogP contribution in [0.2, 0.25) is 0 Å². The Morgan fingerprint density at radius 2 is 1.92 bits per heavy atom. The fraction of sp³-hybridized carbons (Fsp3) is 0.435. The first-order valence-corrected chi connectivity index (χ1v) is 8.96. The summed E-state index contributed by atoms with van der Waals surface area (Å²) in [5.41, 5.74) is 5.12. The van der Waals surface area contributed by atoms with Gasteiger partial charge in [0.2, 0.25) is 0 Å². The van der Waals surface area contributed by atoms with Crippen LogP contribution < -0.4 is 0 Å². The molecule has 0 N–H and O–H groups in total. The molecule has 0 aromatic heterocycles. The number of ether oxygens (including phenoxy) is 1. The van der Waals surface area contributed by atoms with E-state index in [1.807, 2.05) is 19.1 Å². The molecule has 136 valence electrons. The van der Waals surface area contributed by atoms with E-state index in [0.717, 1.165) is 5.57 Å². The van der Waals surface area contributed by atoms with Crippen LogP contribution >= 0.6 is 0 Å². The molecule has 1 aliphatic rings. The minimum Gasteiger partial charge on any atom is -0.466 e. The molecule has 1 aliphatic carbocycles. The summed E-state index contributed by atoms with van der Waals surface area (Å²) >= 11 is 0. The SMILES string of the molecule is C/C=C\C1(C)CCCC(C)=C1/C=C/C(C)=C\C=C\C(C)=C\C(=O)OC. The van der Waals surface area contributed by atoms with Gasteiger partial charge in [0.1, 0.15) is 0 Å². The fourth-order valence-electron chi connectivity index (χ4n) is 3.27. The quantitative estimate of drug-likeness (QED) is 0.247. The molecule has 0 aliphatic heterocycles. The van der Waals surface area contributed by atoms with Crippen molar-refractivity contribution in [3.8, 4) is 0 Å². The van der Waals surface area contributed by atoms with Crippen LogP contribution in [-0.4, -0.2) is 13.1 Å². The summed E-state index contributed by atoms with van der Waals surface area (Å²) in [7, 11) is 1.38. The van der Waals surface area contributed by atoms with Gasteiger partial charge >= 0.3 is 5.97 Å². The van der Waals surface area contributed by atoms with Crippen LogP contribution in [-0.2, 0) is 9.53 Å². The van der Waals surface area contributed by atoms with E-state index in [2.05, 4.69) is 62.8 Å². The van der Waals surface area contributed by atoms with Crippen molar-refractivity contribution in [2.24, 2.45) is 5.41 Å². The normalized spacial score (nSPS) is 23.3. The zero-order valence-electron chi connectivity index (χ0n) is 16.6. The highest BCUT2D eigenvalue weighted by Crippen LogP contribution is 2.42. The van der Waals surface area contributed by atoms with Gasteiger partial charge in [-0.05, 0) is 58.1 Å². The number of carbonyl (C=O) groups excluding carboxylic acids is 1. The number of rotatable bonds is 6. The molecule has 0 aromatic rings. The molecule has 0 fully saturated rings. The molecule has 1 atom stereocenters. The lowest BCUT2D eigenvalue weighted by molar-refractivity contribution is -0.134. The van der Waals surface area contributed by atoms with Crippen molar-refractivity contribution >= 4 is 5.97 Å². The van der Waals surface area contributed by atoms with Gasteiger partial charge in [-0.3, -0.25) is 0 Å². The van der Waals surface area contributed by atoms with E-state index in [4.69, 9.17) is 0 Å². The van der Waals surface area contributed by atoms with Gasteiger partial charge in [-0.25, -0.2) is 4.79 Å². The van der Waals surface area contributed by atoms with E-state index in [1.54, 1.807) is 0 Å². The molecule has 0 saturated heterocycles. The molecule has 25 heavy (non-hydrogen) atoms. The van der Waals surface area contributed by atoms with E-state index in [0.29, 0.717) is 0 Å². The third-order valence-electron chi connectivity index (χ3n) is 4.64. The van der Waals surface area contributed by atoms with Crippen LogP contribution in [0.3, 0.4) is 0 Å². The van der Waals surface area contributed by atoms with Crippen molar-refractivity contribution in [1.29, 1.82) is 0 Å². The molecule has 2 heteroatoms. The van der Waals surface area contributed by atoms with Gasteiger partial charge in [0, 0.05) is 11.5 Å². The van der Waals surface area contributed by atoms with Gasteiger partial charge in [0.05, 0.1) is 7.11 Å². The third kappa shape index (κ3) is 6.74. The van der Waals surface area contributed by atoms with Crippen molar-refractivity contribution in [3.05, 3.63) is 70.9 Å². The lowest BCUT2D eigenvalue weighted by Crippen LogP contribution is -2.20. The number of carbonyl (C=O) groups is 1. The van der Waals surface area contributed by atoms with Gasteiger partial charge in [-0.1, -0.05) is 60.6 Å². The Labute approximate surface area is 153 Å². The van der Waals surface area contributed by atoms with Crippen LogP contribution in [0, 0.1) is 5.41 Å². The predicted molar refractivity (Wildman–Crippen MR) is 107 cm³/mol. The maximum Gasteiger partial charge on any atom is 0.330 e. The number of methoxy groups -OCH3 is 1. The molecule has 0 amide bonds. The third-order valence-corrected chi connectivity index (χ3v) is 4.64. The summed E-state index contributed by atoms with van der Waals surface area (Å²) in [5.74, 6) is -0.328. The van der Waals surface area contributed by atoms with Crippen LogP contribution in [0.5, 0.6) is 0 Å². The Hall–Kier alpha value is -2.09. The van der Waals surface area contributed by atoms with Crippen molar-refractivity contribution in [3.63, 3.8) is 0 Å². The van der Waals surface area contributed by atoms with Gasteiger partial charge in [-0.15, -0.1) is 0 Å². The molecule has 0 spiro atoms. The molecule has 2 nitrogen and oxygen atoms in total. The Kier molecular flexibility index (Phi) is 8.40. The fourth-order valence-corrected chi connectivity index (χ4v) is 3.27. The number of hydrogen-bond donors (Lipinski definition) is 0. The lowest BCUT2D eigenvalue weighted by Gasteiger charge is -2.34. The first-order valence-electron chi connectivity index (χ1n) is 8.96. The second-order valence-electron chi connectivity index (χ2n) is 6.98. The summed E-state index contributed by atoms with van der Waals surface area (Å²) in [6, 6.07) is 0. The minimum absolute atomic E-state index is 0.142. The van der Waals surface area contributed by atoms with Crippen molar-refractivity contribution in [1.82, 2.24) is 0 Å². The molecule has 0 radical (unpaired) electrons. The molecule has 0 heterocycles. The average molecular weight is 341 g/mol. The molecule has 1 unspecified atom stereocenters. The van der Waals surface area contributed by atoms with Crippen LogP contribution in [0.1, 0.15) is 53.9 Å². The standard InChI is InChI=1S/C23H32O2/c1-7-15-23(5)16-9-12-20(4)21(23)14-13-18(2)10-8-11-19(3)17-22(24)25-6/h7-8,10-11,13-15,17H,9,12,16H2,1-6H3/b11-8+,14-13+,15-7-,18-10-,19-17+. The highest BCUT2D eigenvalue weighted by Gasteiger charge is 2.28. The summed E-state index contributed by atoms with van der Waals surface area (Å²) in [6.07, 6.45) is 20.0. The van der Waals surface area contributed by atoms with Gasteiger partial charge in [-0.2, -0.15) is 0 Å². The van der Waals surface area contributed by atoms with E-state index >= 15 is 0 Å². The van der Waals surface area contributed by atoms with E-state index in [-0.39, 0.29) is 11.4 Å². The summed E-state index contributed by atoms with van der Waals surface area (Å²) in [5, 5.41) is 0. The van der Waals surface area contributed by atoms with Crippen molar-refractivity contribution in [2.45, 2.75) is 53.9 Å². The Morgan fingerprint density at radius 3 is 2.56 bits per heavy atom. The zero-order chi connectivity index (χ0) is 18.9. The molecule has 0 saturated carbocycles. The largest absolute Gasteiger partial charge is 0.466 e. The molecule has 0 aromatic carbocycles. The van der Waals surface area contributed by atoms with Gasteiger partial charge in [0.25, 0.3) is 0 Å². The van der Waals surface area contributed by atoms with E-state index < -0.39 is 0 Å². The van der Waals surface area contributed by atoms with Crippen LogP contribution in [0.15, 0.2) is 70.9 Å². The number of esters is 1. The summed E-state index contributed by atoms with van der Waals surface area (Å²) in [4.78, 5) is 11.2. The molecular weight excluding hydrogens is 308 g/mol. The first-order chi connectivity index (χ1) is 11.8. The van der Waals surface area contributed by atoms with Crippen LogP contribution in [0.4, 0.5) is 0 Å². The number of hydrogen-bond acceptors (Lipinski definition) is 2. The molecule has 1 rings (SSSR count). The second-order valence-corrected chi connectivity index (χ2v) is 6.98. The highest BCUT2D eigenvalue weighted by atomic mass is 16.5. The minimum atomic E-state index is -0.328. The topological polar surface area (TPSA) is 26.3 Å². The second kappa shape index (κ2) is 10.0. The Bertz CT molecular complexity index is 654. The summed E-state index contributed by atoms with van der Waals surface area (Å²) < 4.78 is 4.62. The maximum absolute atomic E-state index is 11.2. The van der Waals surface area contributed by atoms with Crippen LogP contribution in [0.25, 0.3) is 0 Å². The lowest BCUT2D eigenvalue weighted by atomic mass is 9.71. The summed E-state index contributed by atoms with van der Waals surface area (Å²) in [6.45, 7) is 10.6. The molecule has 0 bridgehead atoms. The monoisotopic (exact) mass is 340 g/mol. The van der Waals surface area contributed by atoms with E-state index in [1.165, 1.54) is 49.2 Å². The van der Waals surface area contributed by atoms with Gasteiger partial charge in [0.15, 0.2) is 0 Å². The van der Waals surface area contributed by atoms with Crippen molar-refractivity contribution < 1.29 is 9.53 Å². The first kappa shape index (κ1) is 21.0. The highest BCUT2D eigenvalue weighted by molar-refractivity contribution is 5.83. The maximum atomic E-state index is 11.2. The van der Waals surface area contributed by atoms with E-state index in [9.17, 15) is 4.79 Å². The Morgan fingerprint density at radius 1 is 1.20 bits per heavy atom. The smallest absolute Gasteiger partial charge is 0.330 e. The Balaban J connectivity index is 2.88. The van der Waals surface area contributed by atoms with Gasteiger partial charge < -0.3 is 4.74 Å². The van der Waals surface area contributed by atoms with Crippen molar-refractivity contribution in [2.75, 3.05) is 7.11 Å².